The summed E-state index contributed by atoms with van der Waals surface area (Å²) in [4.78, 5) is 5.55. The Morgan fingerprint density at radius 3 is 1.62 bits per heavy atom. The fraction of sp³-hybridized carbons (Fsp3) is 0. The second kappa shape index (κ2) is 12.1. The molecule has 0 bridgehead atoms. The summed E-state index contributed by atoms with van der Waals surface area (Å²) in [6.45, 7) is 0. The molecule has 0 spiro atoms. The average Bonchev–Trinajstić information content (AvgIpc) is 3.88. The summed E-state index contributed by atoms with van der Waals surface area (Å²) < 4.78 is 4.93. The number of benzene rings is 10. The van der Waals surface area contributed by atoms with Gasteiger partial charge in [-0.3, -0.25) is 4.40 Å². The zero-order valence-electron chi connectivity index (χ0n) is 31.3. The summed E-state index contributed by atoms with van der Waals surface area (Å²) >= 11 is 1.86. The SMILES string of the molecule is c1ccc2c(c1)cc(-c1ccc(-c3ccc(-c4cc5c6ccc7ccccc7c6sc5c5nc6c7ccc8ccccc8c7ccc6n45)cc3)cc1)c1ccccc12. The molecule has 0 saturated heterocycles. The highest BCUT2D eigenvalue weighted by Gasteiger charge is 2.20. The second-order valence-corrected chi connectivity index (χ2v) is 16.5. The monoisotopic (exact) mass is 752 g/mol. The van der Waals surface area contributed by atoms with Crippen molar-refractivity contribution in [2.24, 2.45) is 0 Å². The van der Waals surface area contributed by atoms with Gasteiger partial charge in [-0.1, -0.05) is 176 Å². The van der Waals surface area contributed by atoms with E-state index in [1.807, 2.05) is 11.3 Å². The van der Waals surface area contributed by atoms with Crippen molar-refractivity contribution in [2.75, 3.05) is 0 Å². The summed E-state index contributed by atoms with van der Waals surface area (Å²) in [7, 11) is 0. The van der Waals surface area contributed by atoms with E-state index >= 15 is 0 Å². The van der Waals surface area contributed by atoms with Crippen molar-refractivity contribution in [2.45, 2.75) is 0 Å². The highest BCUT2D eigenvalue weighted by Crippen LogP contribution is 2.44. The second-order valence-electron chi connectivity index (χ2n) is 15.5. The third-order valence-electron chi connectivity index (χ3n) is 12.4. The lowest BCUT2D eigenvalue weighted by Crippen LogP contribution is -1.93. The molecular formula is C55H32N2S. The molecule has 2 nitrogen and oxygen atoms in total. The van der Waals surface area contributed by atoms with E-state index < -0.39 is 0 Å². The number of imidazole rings is 1. The molecule has 0 aliphatic heterocycles. The maximum atomic E-state index is 5.55. The van der Waals surface area contributed by atoms with Gasteiger partial charge in [0.05, 0.1) is 21.4 Å². The standard InChI is InChI=1S/C55H32N2S/c1-4-12-40-35(9-1)25-27-46-45(40)29-30-50-52(46)56-55-54-49(47-28-26-36-10-2-6-14-42(36)53(47)58-54)32-51(57(50)55)38-23-19-34(20-24-38)33-17-21-37(22-18-33)48-31-39-11-3-5-13-41(39)43-15-7-8-16-44(43)48/h1-32H. The first-order valence-corrected chi connectivity index (χ1v) is 20.7. The zero-order chi connectivity index (χ0) is 37.9. The lowest BCUT2D eigenvalue weighted by Gasteiger charge is -2.12. The van der Waals surface area contributed by atoms with Crippen molar-refractivity contribution < 1.29 is 0 Å². The number of hydrogen-bond acceptors (Lipinski definition) is 2. The van der Waals surface area contributed by atoms with E-state index in [1.165, 1.54) is 96.3 Å². The van der Waals surface area contributed by atoms with Crippen molar-refractivity contribution >= 4 is 102 Å². The van der Waals surface area contributed by atoms with E-state index in [9.17, 15) is 0 Å². The number of fused-ring (bicyclic) bond motifs is 16. The molecular weight excluding hydrogens is 721 g/mol. The van der Waals surface area contributed by atoms with Crippen LogP contribution in [0.3, 0.4) is 0 Å². The Bertz CT molecular complexity index is 3830. The molecule has 0 atom stereocenters. The van der Waals surface area contributed by atoms with E-state index in [4.69, 9.17) is 4.98 Å². The Morgan fingerprint density at radius 2 is 0.879 bits per heavy atom. The fourth-order valence-corrected chi connectivity index (χ4v) is 10.9. The maximum absolute atomic E-state index is 5.55. The van der Waals surface area contributed by atoms with Crippen LogP contribution in [0.25, 0.3) is 124 Å². The third kappa shape index (κ3) is 4.56. The van der Waals surface area contributed by atoms with Crippen LogP contribution >= 0.6 is 11.3 Å². The highest BCUT2D eigenvalue weighted by atomic mass is 32.1. The minimum atomic E-state index is 1.01. The van der Waals surface area contributed by atoms with E-state index in [0.29, 0.717) is 0 Å². The number of hydrogen-bond donors (Lipinski definition) is 0. The van der Waals surface area contributed by atoms with E-state index in [-0.39, 0.29) is 0 Å². The Kier molecular flexibility index (Phi) is 6.63. The molecule has 0 unspecified atom stereocenters. The molecule has 3 aromatic heterocycles. The molecule has 0 N–H and O–H groups in total. The normalized spacial score (nSPS) is 12.1. The lowest BCUT2D eigenvalue weighted by atomic mass is 9.92. The van der Waals surface area contributed by atoms with Crippen LogP contribution in [-0.4, -0.2) is 9.38 Å². The van der Waals surface area contributed by atoms with Gasteiger partial charge in [0.1, 0.15) is 0 Å². The number of aromatic nitrogens is 2. The number of rotatable bonds is 3. The van der Waals surface area contributed by atoms with Crippen LogP contribution in [0.1, 0.15) is 0 Å². The minimum Gasteiger partial charge on any atom is -0.291 e. The summed E-state index contributed by atoms with van der Waals surface area (Å²) in [6, 6.07) is 71.4. The quantitative estimate of drug-likeness (QED) is 0.164. The van der Waals surface area contributed by atoms with Crippen molar-refractivity contribution in [1.82, 2.24) is 9.38 Å². The molecule has 0 saturated carbocycles. The molecule has 0 radical (unpaired) electrons. The van der Waals surface area contributed by atoms with Gasteiger partial charge < -0.3 is 0 Å². The first-order valence-electron chi connectivity index (χ1n) is 19.9. The molecule has 0 aliphatic rings. The van der Waals surface area contributed by atoms with Crippen LogP contribution in [0.2, 0.25) is 0 Å². The van der Waals surface area contributed by atoms with Gasteiger partial charge in [0, 0.05) is 20.9 Å². The minimum absolute atomic E-state index is 1.01. The number of thiophene rings is 1. The van der Waals surface area contributed by atoms with Gasteiger partial charge in [-0.05, 0) is 94.5 Å². The predicted octanol–water partition coefficient (Wildman–Crippen LogP) is 15.6. The molecule has 3 heterocycles. The Morgan fingerprint density at radius 1 is 0.345 bits per heavy atom. The lowest BCUT2D eigenvalue weighted by molar-refractivity contribution is 1.25. The van der Waals surface area contributed by atoms with Crippen LogP contribution in [0.5, 0.6) is 0 Å². The summed E-state index contributed by atoms with van der Waals surface area (Å²) in [6.07, 6.45) is 0. The fourth-order valence-electron chi connectivity index (χ4n) is 9.56. The summed E-state index contributed by atoms with van der Waals surface area (Å²) in [5.41, 5.74) is 10.3. The molecule has 0 amide bonds. The molecule has 10 aromatic carbocycles. The average molecular weight is 753 g/mol. The first kappa shape index (κ1) is 31.8. The Balaban J connectivity index is 0.983. The van der Waals surface area contributed by atoms with Crippen molar-refractivity contribution in [3.8, 4) is 33.5 Å². The molecule has 268 valence electrons. The van der Waals surface area contributed by atoms with Gasteiger partial charge in [0.2, 0.25) is 0 Å². The molecule has 13 rings (SSSR count). The molecule has 0 aliphatic carbocycles. The maximum Gasteiger partial charge on any atom is 0.156 e. The van der Waals surface area contributed by atoms with E-state index in [0.717, 1.165) is 27.9 Å². The molecule has 3 heteroatoms. The van der Waals surface area contributed by atoms with Crippen molar-refractivity contribution in [3.63, 3.8) is 0 Å². The molecule has 58 heavy (non-hydrogen) atoms. The van der Waals surface area contributed by atoms with Gasteiger partial charge in [-0.2, -0.15) is 0 Å². The van der Waals surface area contributed by atoms with Crippen LogP contribution in [0.15, 0.2) is 194 Å². The van der Waals surface area contributed by atoms with Crippen LogP contribution in [-0.2, 0) is 0 Å². The third-order valence-corrected chi connectivity index (χ3v) is 13.6. The summed E-state index contributed by atoms with van der Waals surface area (Å²) in [5.74, 6) is 0. The van der Waals surface area contributed by atoms with Crippen LogP contribution in [0.4, 0.5) is 0 Å². The van der Waals surface area contributed by atoms with Crippen LogP contribution in [0, 0.1) is 0 Å². The number of nitrogens with zero attached hydrogens (tertiary/aromatic N) is 2. The zero-order valence-corrected chi connectivity index (χ0v) is 32.1. The van der Waals surface area contributed by atoms with Gasteiger partial charge >= 0.3 is 0 Å². The van der Waals surface area contributed by atoms with Crippen molar-refractivity contribution in [1.29, 1.82) is 0 Å². The Hall–Kier alpha value is -7.33. The topological polar surface area (TPSA) is 17.3 Å². The predicted molar refractivity (Wildman–Crippen MR) is 249 cm³/mol. The first-order chi connectivity index (χ1) is 28.7. The van der Waals surface area contributed by atoms with Gasteiger partial charge in [-0.25, -0.2) is 4.98 Å². The van der Waals surface area contributed by atoms with Gasteiger partial charge in [0.25, 0.3) is 0 Å². The highest BCUT2D eigenvalue weighted by molar-refractivity contribution is 7.27. The van der Waals surface area contributed by atoms with Gasteiger partial charge in [0.15, 0.2) is 5.65 Å². The Labute approximate surface area is 337 Å². The van der Waals surface area contributed by atoms with Gasteiger partial charge in [-0.15, -0.1) is 11.3 Å². The van der Waals surface area contributed by atoms with E-state index in [2.05, 4.69) is 199 Å². The number of pyridine rings is 1. The largest absolute Gasteiger partial charge is 0.291 e. The molecule has 0 fully saturated rings. The molecule has 13 aromatic rings. The van der Waals surface area contributed by atoms with E-state index in [1.54, 1.807) is 0 Å². The van der Waals surface area contributed by atoms with Crippen LogP contribution < -0.4 is 0 Å². The summed E-state index contributed by atoms with van der Waals surface area (Å²) in [5, 5.41) is 15.1. The van der Waals surface area contributed by atoms with Crippen molar-refractivity contribution in [3.05, 3.63) is 194 Å². The smallest absolute Gasteiger partial charge is 0.156 e.